The van der Waals surface area contributed by atoms with E-state index in [1.807, 2.05) is 6.92 Å². The van der Waals surface area contributed by atoms with Gasteiger partial charge in [0.1, 0.15) is 5.75 Å². The van der Waals surface area contributed by atoms with Gasteiger partial charge in [0.25, 0.3) is 0 Å². The fourth-order valence-corrected chi connectivity index (χ4v) is 0.816. The Labute approximate surface area is 78.7 Å². The molecule has 0 spiro atoms. The molecule has 0 aliphatic carbocycles. The molecule has 1 rings (SSSR count). The number of benzene rings is 1. The van der Waals surface area contributed by atoms with Gasteiger partial charge in [0.05, 0.1) is 19.1 Å². The average molecular weight is 170 g/mol. The van der Waals surface area contributed by atoms with E-state index in [1.54, 1.807) is 6.07 Å². The van der Waals surface area contributed by atoms with Crippen molar-refractivity contribution in [2.24, 2.45) is 0 Å². The smallest absolute Gasteiger partial charge is 0.118 e. The summed E-state index contributed by atoms with van der Waals surface area (Å²) in [5, 5.41) is 0. The maximum atomic E-state index is 7.60. The Kier molecular flexibility index (Phi) is 1.94. The van der Waals surface area contributed by atoms with Gasteiger partial charge >= 0.3 is 0 Å². The van der Waals surface area contributed by atoms with Crippen LogP contribution in [0.15, 0.2) is 24.2 Å². The van der Waals surface area contributed by atoms with Gasteiger partial charge < -0.3 is 9.47 Å². The van der Waals surface area contributed by atoms with Crippen molar-refractivity contribution in [2.75, 3.05) is 13.6 Å². The van der Waals surface area contributed by atoms with Crippen LogP contribution in [0.3, 0.4) is 0 Å². The predicted molar refractivity (Wildman–Crippen MR) is 48.3 cm³/mol. The van der Waals surface area contributed by atoms with E-state index in [9.17, 15) is 0 Å². The summed E-state index contributed by atoms with van der Waals surface area (Å²) in [6.07, 6.45) is 0. The molecule has 0 bridgehead atoms. The molecule has 0 amide bonds. The number of hydrogen-bond acceptors (Lipinski definition) is 2. The minimum absolute atomic E-state index is 0.0494. The van der Waals surface area contributed by atoms with E-state index >= 15 is 0 Å². The Hall–Kier alpha value is -1.02. The van der Waals surface area contributed by atoms with Gasteiger partial charge in [-0.3, -0.25) is 0 Å². The molecule has 0 saturated carbocycles. The molecular weight excluding hydrogens is 152 g/mol. The lowest BCUT2D eigenvalue weighted by Crippen LogP contribution is -1.91. The van der Waals surface area contributed by atoms with E-state index in [1.165, 1.54) is 12.1 Å². The Bertz CT molecular complexity index is 349. The first-order valence-corrected chi connectivity index (χ1v) is 3.78. The van der Waals surface area contributed by atoms with Crippen LogP contribution >= 0.6 is 0 Å². The van der Waals surface area contributed by atoms with Crippen LogP contribution in [0.4, 0.5) is 0 Å². The highest BCUT2D eigenvalue weighted by Gasteiger charge is 1.92. The summed E-state index contributed by atoms with van der Waals surface area (Å²) in [4.78, 5) is 0. The molecule has 0 heterocycles. The molecule has 0 unspecified atom stereocenters. The Balaban J connectivity index is 2.75. The van der Waals surface area contributed by atoms with Crippen LogP contribution in [-0.2, 0) is 11.3 Å². The molecule has 1 aromatic rings. The SMILES string of the molecule is [2H]c1cc(COCC)ccc1OC([2H])([2H])[2H]. The molecule has 0 saturated heterocycles. The van der Waals surface area contributed by atoms with Crippen molar-refractivity contribution in [2.45, 2.75) is 13.5 Å². The summed E-state index contributed by atoms with van der Waals surface area (Å²) in [7, 11) is -2.52. The van der Waals surface area contributed by atoms with Crippen molar-refractivity contribution in [3.8, 4) is 5.75 Å². The highest BCUT2D eigenvalue weighted by Crippen LogP contribution is 2.11. The molecule has 1 aromatic carbocycles. The summed E-state index contributed by atoms with van der Waals surface area (Å²) < 4.78 is 38.2. The lowest BCUT2D eigenvalue weighted by molar-refractivity contribution is 0.134. The van der Waals surface area contributed by atoms with E-state index in [2.05, 4.69) is 4.74 Å². The van der Waals surface area contributed by atoms with E-state index in [0.29, 0.717) is 13.2 Å². The Morgan fingerprint density at radius 3 is 3.08 bits per heavy atom. The normalized spacial score (nSPS) is 15.8. The van der Waals surface area contributed by atoms with Crippen LogP contribution in [0, 0.1) is 0 Å². The third kappa shape index (κ3) is 2.55. The van der Waals surface area contributed by atoms with Crippen molar-refractivity contribution in [1.82, 2.24) is 0 Å². The third-order valence-electron chi connectivity index (χ3n) is 1.43. The van der Waals surface area contributed by atoms with Crippen LogP contribution in [0.2, 0.25) is 0 Å². The van der Waals surface area contributed by atoms with Gasteiger partial charge in [-0.05, 0) is 24.6 Å². The zero-order valence-electron chi connectivity index (χ0n) is 11.0. The molecule has 0 fully saturated rings. The van der Waals surface area contributed by atoms with Crippen LogP contribution in [-0.4, -0.2) is 13.6 Å². The van der Waals surface area contributed by atoms with Gasteiger partial charge in [0, 0.05) is 6.61 Å². The van der Waals surface area contributed by atoms with Gasteiger partial charge in [-0.25, -0.2) is 0 Å². The molecule has 0 radical (unpaired) electrons. The zero-order valence-corrected chi connectivity index (χ0v) is 6.96. The highest BCUT2D eigenvalue weighted by molar-refractivity contribution is 5.26. The topological polar surface area (TPSA) is 18.5 Å². The van der Waals surface area contributed by atoms with Gasteiger partial charge in [-0.1, -0.05) is 12.1 Å². The minimum atomic E-state index is -2.52. The van der Waals surface area contributed by atoms with Crippen LogP contribution in [0.25, 0.3) is 0 Å². The van der Waals surface area contributed by atoms with Crippen LogP contribution < -0.4 is 4.74 Å². The summed E-state index contributed by atoms with van der Waals surface area (Å²) in [5.74, 6) is 0.0558. The maximum Gasteiger partial charge on any atom is 0.118 e. The number of hydrogen-bond donors (Lipinski definition) is 0. The average Bonchev–Trinajstić information content (AvgIpc) is 2.17. The second-order valence-corrected chi connectivity index (χ2v) is 2.30. The first-order valence-electron chi connectivity index (χ1n) is 5.78. The van der Waals surface area contributed by atoms with Gasteiger partial charge in [-0.15, -0.1) is 0 Å². The largest absolute Gasteiger partial charge is 0.497 e. The quantitative estimate of drug-likeness (QED) is 0.690. The molecule has 12 heavy (non-hydrogen) atoms. The highest BCUT2D eigenvalue weighted by atomic mass is 16.5. The molecule has 0 aliphatic heterocycles. The summed E-state index contributed by atoms with van der Waals surface area (Å²) in [6.45, 7) is 2.89. The fourth-order valence-electron chi connectivity index (χ4n) is 0.816. The Morgan fingerprint density at radius 1 is 1.50 bits per heavy atom. The summed E-state index contributed by atoms with van der Waals surface area (Å²) in [6, 6.07) is 4.75. The maximum absolute atomic E-state index is 7.60. The molecule has 0 atom stereocenters. The molecule has 66 valence electrons. The van der Waals surface area contributed by atoms with Crippen molar-refractivity contribution in [1.29, 1.82) is 0 Å². The van der Waals surface area contributed by atoms with Crippen molar-refractivity contribution >= 4 is 0 Å². The lowest BCUT2D eigenvalue weighted by Gasteiger charge is -2.02. The summed E-state index contributed by atoms with van der Waals surface area (Å²) in [5.41, 5.74) is 0.824. The monoisotopic (exact) mass is 170 g/mol. The standard InChI is InChI=1S/C10H14O2/c1-3-12-8-9-4-6-10(11-2)7-5-9/h4-7H,3,8H2,1-2H3/i2D3,6D. The van der Waals surface area contributed by atoms with E-state index in [4.69, 9.17) is 10.2 Å². The Morgan fingerprint density at radius 2 is 2.42 bits per heavy atom. The second kappa shape index (κ2) is 4.78. The lowest BCUT2D eigenvalue weighted by atomic mass is 10.2. The predicted octanol–water partition coefficient (Wildman–Crippen LogP) is 2.23. The molecule has 2 heteroatoms. The molecule has 0 N–H and O–H groups in total. The van der Waals surface area contributed by atoms with Gasteiger partial charge in [-0.2, -0.15) is 0 Å². The first-order chi connectivity index (χ1) is 7.42. The van der Waals surface area contributed by atoms with E-state index in [0.717, 1.165) is 5.56 Å². The molecule has 0 aliphatic rings. The molecular formula is C10H14O2. The second-order valence-electron chi connectivity index (χ2n) is 2.30. The van der Waals surface area contributed by atoms with Crippen molar-refractivity contribution in [3.63, 3.8) is 0 Å². The van der Waals surface area contributed by atoms with Crippen LogP contribution in [0.1, 0.15) is 18.0 Å². The fraction of sp³-hybridized carbons (Fsp3) is 0.400. The molecule has 0 aromatic heterocycles. The van der Waals surface area contributed by atoms with E-state index in [-0.39, 0.29) is 11.8 Å². The van der Waals surface area contributed by atoms with Crippen molar-refractivity contribution < 1.29 is 15.0 Å². The number of rotatable bonds is 4. The van der Waals surface area contributed by atoms with Crippen LogP contribution in [0.5, 0.6) is 5.75 Å². The van der Waals surface area contributed by atoms with Gasteiger partial charge in [0.2, 0.25) is 0 Å². The minimum Gasteiger partial charge on any atom is -0.497 e. The summed E-state index contributed by atoms with van der Waals surface area (Å²) >= 11 is 0. The number of methoxy groups -OCH3 is 1. The first kappa shape index (κ1) is 4.87. The number of ether oxygens (including phenoxy) is 2. The van der Waals surface area contributed by atoms with Crippen molar-refractivity contribution in [3.05, 3.63) is 29.8 Å². The van der Waals surface area contributed by atoms with E-state index < -0.39 is 7.04 Å². The zero-order chi connectivity index (χ0) is 12.2. The van der Waals surface area contributed by atoms with Gasteiger partial charge in [0.15, 0.2) is 0 Å². The third-order valence-corrected chi connectivity index (χ3v) is 1.43. The molecule has 2 nitrogen and oxygen atoms in total.